The summed E-state index contributed by atoms with van der Waals surface area (Å²) in [5, 5.41) is 14.6. The number of benzene rings is 1. The molecule has 3 heterocycles. The zero-order valence-electron chi connectivity index (χ0n) is 16.2. The van der Waals surface area contributed by atoms with Crippen molar-refractivity contribution in [1.82, 2.24) is 14.4 Å². The summed E-state index contributed by atoms with van der Waals surface area (Å²) in [6, 6.07) is 10.6. The van der Waals surface area contributed by atoms with Crippen molar-refractivity contribution in [2.75, 3.05) is 5.32 Å². The Labute approximate surface area is 173 Å². The first kappa shape index (κ1) is 18.3. The second-order valence-electron chi connectivity index (χ2n) is 7.74. The fraction of sp³-hybridized carbons (Fsp3) is 0.304. The summed E-state index contributed by atoms with van der Waals surface area (Å²) in [6.07, 6.45) is 10.5. The molecule has 0 radical (unpaired) electrons. The Bertz CT molecular complexity index is 1180. The van der Waals surface area contributed by atoms with E-state index < -0.39 is 0 Å². The number of aliphatic hydroxyl groups is 1. The number of anilines is 1. The molecule has 1 fully saturated rings. The minimum Gasteiger partial charge on any atom is -0.391 e. The van der Waals surface area contributed by atoms with Gasteiger partial charge in [0.1, 0.15) is 5.65 Å². The van der Waals surface area contributed by atoms with Gasteiger partial charge < -0.3 is 14.8 Å². The van der Waals surface area contributed by atoms with Gasteiger partial charge in [0, 0.05) is 24.5 Å². The van der Waals surface area contributed by atoms with Gasteiger partial charge in [-0.3, -0.25) is 0 Å². The Morgan fingerprint density at radius 3 is 3.00 bits per heavy atom. The molecule has 0 bridgehead atoms. The smallest absolute Gasteiger partial charge is 0.184 e. The van der Waals surface area contributed by atoms with Crippen LogP contribution in [0.1, 0.15) is 42.5 Å². The molecule has 2 atom stereocenters. The van der Waals surface area contributed by atoms with Gasteiger partial charge in [-0.1, -0.05) is 42.9 Å². The van der Waals surface area contributed by atoms with Gasteiger partial charge in [0.2, 0.25) is 0 Å². The molecular formula is C23H24N4OS. The SMILES string of the molecule is C=Cc1ccn2c(Cc3ccc4nc(N[C@@H]5CCCC[C@H]5O)sc4c3)cnc2c1. The molecule has 0 amide bonds. The molecule has 2 N–H and O–H groups in total. The van der Waals surface area contributed by atoms with Crippen LogP contribution in [-0.2, 0) is 6.42 Å². The number of nitrogens with zero attached hydrogens (tertiary/aromatic N) is 3. The summed E-state index contributed by atoms with van der Waals surface area (Å²) in [5.41, 5.74) is 5.40. The number of nitrogens with one attached hydrogen (secondary N) is 1. The van der Waals surface area contributed by atoms with Crippen LogP contribution in [0.3, 0.4) is 0 Å². The molecule has 1 aliphatic rings. The van der Waals surface area contributed by atoms with E-state index in [0.717, 1.165) is 64.4 Å². The predicted octanol–water partition coefficient (Wildman–Crippen LogP) is 4.89. The summed E-state index contributed by atoms with van der Waals surface area (Å²) in [6.45, 7) is 3.82. The van der Waals surface area contributed by atoms with E-state index in [9.17, 15) is 5.11 Å². The predicted molar refractivity (Wildman–Crippen MR) is 120 cm³/mol. The van der Waals surface area contributed by atoms with Gasteiger partial charge in [-0.05, 0) is 48.2 Å². The molecule has 0 aliphatic heterocycles. The van der Waals surface area contributed by atoms with E-state index in [2.05, 4.69) is 51.7 Å². The maximum absolute atomic E-state index is 10.2. The third-order valence-corrected chi connectivity index (χ3v) is 6.68. The average molecular weight is 405 g/mol. The van der Waals surface area contributed by atoms with Crippen molar-refractivity contribution in [2.24, 2.45) is 0 Å². The molecule has 148 valence electrons. The maximum Gasteiger partial charge on any atom is 0.184 e. The van der Waals surface area contributed by atoms with E-state index in [1.54, 1.807) is 11.3 Å². The monoisotopic (exact) mass is 404 g/mol. The highest BCUT2D eigenvalue weighted by Gasteiger charge is 2.23. The molecule has 29 heavy (non-hydrogen) atoms. The summed E-state index contributed by atoms with van der Waals surface area (Å²) in [4.78, 5) is 9.25. The highest BCUT2D eigenvalue weighted by molar-refractivity contribution is 7.22. The Kier molecular flexibility index (Phi) is 4.81. The van der Waals surface area contributed by atoms with Gasteiger partial charge in [-0.25, -0.2) is 9.97 Å². The average Bonchev–Trinajstić information content (AvgIpc) is 3.32. The van der Waals surface area contributed by atoms with Gasteiger partial charge in [0.05, 0.1) is 22.4 Å². The number of hydrogen-bond acceptors (Lipinski definition) is 5. The molecule has 5 rings (SSSR count). The lowest BCUT2D eigenvalue weighted by Gasteiger charge is -2.27. The number of imidazole rings is 1. The van der Waals surface area contributed by atoms with E-state index >= 15 is 0 Å². The van der Waals surface area contributed by atoms with Crippen LogP contribution in [0.15, 0.2) is 49.3 Å². The summed E-state index contributed by atoms with van der Waals surface area (Å²) < 4.78 is 3.29. The zero-order valence-corrected chi connectivity index (χ0v) is 17.0. The largest absolute Gasteiger partial charge is 0.391 e. The van der Waals surface area contributed by atoms with Crippen LogP contribution in [0.25, 0.3) is 21.9 Å². The van der Waals surface area contributed by atoms with Gasteiger partial charge in [0.25, 0.3) is 0 Å². The van der Waals surface area contributed by atoms with Gasteiger partial charge in [-0.2, -0.15) is 0 Å². The van der Waals surface area contributed by atoms with Crippen molar-refractivity contribution in [2.45, 2.75) is 44.2 Å². The topological polar surface area (TPSA) is 62.5 Å². The van der Waals surface area contributed by atoms with Gasteiger partial charge in [-0.15, -0.1) is 0 Å². The molecule has 0 saturated heterocycles. The summed E-state index contributed by atoms with van der Waals surface area (Å²) in [5.74, 6) is 0. The fourth-order valence-electron chi connectivity index (χ4n) is 4.09. The van der Waals surface area contributed by atoms with Crippen molar-refractivity contribution in [1.29, 1.82) is 0 Å². The second-order valence-corrected chi connectivity index (χ2v) is 8.77. The Morgan fingerprint density at radius 2 is 2.14 bits per heavy atom. The van der Waals surface area contributed by atoms with Crippen LogP contribution < -0.4 is 5.32 Å². The molecule has 6 heteroatoms. The summed E-state index contributed by atoms with van der Waals surface area (Å²) in [7, 11) is 0. The Hall–Kier alpha value is -2.70. The van der Waals surface area contributed by atoms with Gasteiger partial charge in [0.15, 0.2) is 5.13 Å². The number of aromatic nitrogens is 3. The maximum atomic E-state index is 10.2. The molecular weight excluding hydrogens is 380 g/mol. The van der Waals surface area contributed by atoms with E-state index in [4.69, 9.17) is 4.98 Å². The minimum absolute atomic E-state index is 0.113. The van der Waals surface area contributed by atoms with E-state index in [1.807, 2.05) is 18.3 Å². The number of aliphatic hydroxyl groups excluding tert-OH is 1. The number of pyridine rings is 1. The Balaban J connectivity index is 1.38. The molecule has 4 aromatic rings. The van der Waals surface area contributed by atoms with Crippen LogP contribution in [0.5, 0.6) is 0 Å². The van der Waals surface area contributed by atoms with Gasteiger partial charge >= 0.3 is 0 Å². The van der Waals surface area contributed by atoms with Crippen molar-refractivity contribution in [3.63, 3.8) is 0 Å². The number of rotatable bonds is 5. The van der Waals surface area contributed by atoms with Crippen LogP contribution in [0.4, 0.5) is 5.13 Å². The first-order valence-electron chi connectivity index (χ1n) is 10.1. The Morgan fingerprint density at radius 1 is 1.24 bits per heavy atom. The lowest BCUT2D eigenvalue weighted by molar-refractivity contribution is 0.116. The van der Waals surface area contributed by atoms with Crippen molar-refractivity contribution < 1.29 is 5.11 Å². The number of hydrogen-bond donors (Lipinski definition) is 2. The molecule has 0 unspecified atom stereocenters. The minimum atomic E-state index is -0.275. The standard InChI is InChI=1S/C23H24N4OS/c1-2-15-9-10-27-17(14-24-22(27)13-15)11-16-7-8-19-21(12-16)29-23(26-19)25-18-5-3-4-6-20(18)28/h2,7-10,12-14,18,20,28H,1,3-6,11H2,(H,25,26)/t18-,20-/m1/s1. The number of thiazole rings is 1. The third-order valence-electron chi connectivity index (χ3n) is 5.73. The molecule has 3 aromatic heterocycles. The van der Waals surface area contributed by atoms with Crippen LogP contribution in [-0.4, -0.2) is 31.6 Å². The van der Waals surface area contributed by atoms with Crippen molar-refractivity contribution in [3.05, 3.63) is 66.1 Å². The van der Waals surface area contributed by atoms with E-state index in [-0.39, 0.29) is 12.1 Å². The highest BCUT2D eigenvalue weighted by atomic mass is 32.1. The fourth-order valence-corrected chi connectivity index (χ4v) is 5.09. The second kappa shape index (κ2) is 7.61. The van der Waals surface area contributed by atoms with Crippen LogP contribution in [0.2, 0.25) is 0 Å². The first-order chi connectivity index (χ1) is 14.2. The van der Waals surface area contributed by atoms with Crippen molar-refractivity contribution >= 4 is 38.4 Å². The lowest BCUT2D eigenvalue weighted by Crippen LogP contribution is -2.36. The lowest BCUT2D eigenvalue weighted by atomic mass is 9.93. The molecule has 1 aromatic carbocycles. The highest BCUT2D eigenvalue weighted by Crippen LogP contribution is 2.30. The van der Waals surface area contributed by atoms with E-state index in [0.29, 0.717) is 0 Å². The normalized spacial score (nSPS) is 19.6. The molecule has 5 nitrogen and oxygen atoms in total. The van der Waals surface area contributed by atoms with Crippen molar-refractivity contribution in [3.8, 4) is 0 Å². The zero-order chi connectivity index (χ0) is 19.8. The summed E-state index contributed by atoms with van der Waals surface area (Å²) >= 11 is 1.66. The molecule has 1 saturated carbocycles. The quantitative estimate of drug-likeness (QED) is 0.497. The molecule has 1 aliphatic carbocycles. The van der Waals surface area contributed by atoms with E-state index in [1.165, 1.54) is 5.56 Å². The third kappa shape index (κ3) is 3.66. The first-order valence-corrected chi connectivity index (χ1v) is 10.9. The van der Waals surface area contributed by atoms with Crippen LogP contribution >= 0.6 is 11.3 Å². The number of fused-ring (bicyclic) bond motifs is 2. The van der Waals surface area contributed by atoms with Crippen LogP contribution in [0, 0.1) is 0 Å². The molecule has 0 spiro atoms.